The summed E-state index contributed by atoms with van der Waals surface area (Å²) in [5.74, 6) is 1.60. The fraction of sp³-hybridized carbons (Fsp3) is 0.333. The lowest BCUT2D eigenvalue weighted by Gasteiger charge is -2.27. The summed E-state index contributed by atoms with van der Waals surface area (Å²) in [7, 11) is 1.58. The normalized spacial score (nSPS) is 17.3. The molecule has 6 nitrogen and oxygen atoms in total. The highest BCUT2D eigenvalue weighted by Gasteiger charge is 2.39. The molecule has 0 N–H and O–H groups in total. The van der Waals surface area contributed by atoms with Crippen LogP contribution in [0.15, 0.2) is 41.7 Å². The van der Waals surface area contributed by atoms with Crippen LogP contribution in [0.2, 0.25) is 0 Å². The van der Waals surface area contributed by atoms with Crippen LogP contribution in [0.1, 0.15) is 61.5 Å². The molecule has 2 aromatic rings. The number of ether oxygens (including phenoxy) is 4. The van der Waals surface area contributed by atoms with Crippen molar-refractivity contribution in [3.8, 4) is 23.0 Å². The number of ketones is 1. The van der Waals surface area contributed by atoms with Crippen molar-refractivity contribution >= 4 is 11.8 Å². The van der Waals surface area contributed by atoms with Crippen LogP contribution < -0.4 is 18.9 Å². The highest BCUT2D eigenvalue weighted by Crippen LogP contribution is 2.49. The minimum Gasteiger partial charge on any atom is -0.493 e. The van der Waals surface area contributed by atoms with E-state index < -0.39 is 0 Å². The van der Waals surface area contributed by atoms with Crippen molar-refractivity contribution in [3.63, 3.8) is 0 Å². The van der Waals surface area contributed by atoms with E-state index in [1.165, 1.54) is 0 Å². The number of carbonyl (C=O) groups is 2. The monoisotopic (exact) mass is 408 g/mol. The smallest absolute Gasteiger partial charge is 0.312 e. The van der Waals surface area contributed by atoms with Gasteiger partial charge in [-0.15, -0.1) is 0 Å². The molecule has 6 heteroatoms. The molecule has 1 atom stereocenters. The molecule has 0 aliphatic carbocycles. The van der Waals surface area contributed by atoms with E-state index >= 15 is 0 Å². The molecule has 0 fully saturated rings. The summed E-state index contributed by atoms with van der Waals surface area (Å²) < 4.78 is 22.8. The van der Waals surface area contributed by atoms with E-state index in [0.717, 1.165) is 11.1 Å². The largest absolute Gasteiger partial charge is 0.493 e. The van der Waals surface area contributed by atoms with E-state index in [1.807, 2.05) is 45.9 Å². The second-order valence-electron chi connectivity index (χ2n) is 7.92. The van der Waals surface area contributed by atoms with Gasteiger partial charge in [-0.2, -0.15) is 0 Å². The molecule has 0 aromatic heterocycles. The molecule has 2 aromatic carbocycles. The van der Waals surface area contributed by atoms with E-state index in [1.54, 1.807) is 19.2 Å². The van der Waals surface area contributed by atoms with Gasteiger partial charge in [-0.05, 0) is 63.1 Å². The van der Waals surface area contributed by atoms with Crippen molar-refractivity contribution < 1.29 is 28.5 Å². The lowest BCUT2D eigenvalue weighted by Crippen LogP contribution is -2.21. The lowest BCUT2D eigenvalue weighted by atomic mass is 9.84. The first-order valence-corrected chi connectivity index (χ1v) is 9.92. The maximum atomic E-state index is 12.8. The first-order chi connectivity index (χ1) is 14.3. The van der Waals surface area contributed by atoms with E-state index in [9.17, 15) is 9.59 Å². The molecule has 156 valence electrons. The quantitative estimate of drug-likeness (QED) is 0.411. The Kier molecular flexibility index (Phi) is 5.02. The zero-order valence-electron chi connectivity index (χ0n) is 17.7. The maximum absolute atomic E-state index is 12.8. The van der Waals surface area contributed by atoms with E-state index in [0.29, 0.717) is 39.9 Å². The number of rotatable bonds is 4. The van der Waals surface area contributed by atoms with Crippen LogP contribution in [-0.2, 0) is 4.79 Å². The highest BCUT2D eigenvalue weighted by atomic mass is 16.5. The molecule has 0 unspecified atom stereocenters. The first-order valence-electron chi connectivity index (χ1n) is 9.92. The van der Waals surface area contributed by atoms with Crippen molar-refractivity contribution in [1.82, 2.24) is 0 Å². The van der Waals surface area contributed by atoms with E-state index in [4.69, 9.17) is 18.9 Å². The summed E-state index contributed by atoms with van der Waals surface area (Å²) in [6, 6.07) is 8.93. The zero-order valence-corrected chi connectivity index (χ0v) is 17.7. The average molecular weight is 408 g/mol. The Morgan fingerprint density at radius 1 is 1.07 bits per heavy atom. The molecule has 0 amide bonds. The van der Waals surface area contributed by atoms with Crippen LogP contribution in [-0.4, -0.2) is 25.0 Å². The van der Waals surface area contributed by atoms with Gasteiger partial charge in [0.15, 0.2) is 17.3 Å². The van der Waals surface area contributed by atoms with Crippen molar-refractivity contribution in [1.29, 1.82) is 0 Å². The number of allylic oxidation sites excluding steroid dienone is 2. The number of esters is 1. The minimum absolute atomic E-state index is 0.000285. The van der Waals surface area contributed by atoms with Crippen LogP contribution >= 0.6 is 0 Å². The molecule has 2 heterocycles. The SMILES string of the molecule is COc1cc([C@H]2CC(=O)Oc3ccc4c(c32)OC(=C(C)C)C4=O)ccc1OC(C)C. The van der Waals surface area contributed by atoms with E-state index in [-0.39, 0.29) is 30.2 Å². The van der Waals surface area contributed by atoms with Gasteiger partial charge in [0.05, 0.1) is 25.2 Å². The van der Waals surface area contributed by atoms with Crippen molar-refractivity contribution in [2.24, 2.45) is 0 Å². The molecular weight excluding hydrogens is 384 g/mol. The Balaban J connectivity index is 1.85. The third-order valence-corrected chi connectivity index (χ3v) is 5.16. The molecule has 0 bridgehead atoms. The summed E-state index contributed by atoms with van der Waals surface area (Å²) in [6.45, 7) is 7.56. The molecule has 2 aliphatic rings. The standard InChI is InChI=1S/C24H24O6/c1-12(2)23-22(26)15-7-9-18-21(24(15)30-23)16(11-20(25)29-18)14-6-8-17(28-13(3)4)19(10-14)27-5/h6-10,13,16H,11H2,1-5H3/t16-/m1/s1. The molecule has 0 saturated carbocycles. The number of hydrogen-bond donors (Lipinski definition) is 0. The van der Waals surface area contributed by atoms with Gasteiger partial charge in [-0.1, -0.05) is 6.07 Å². The molecule has 0 radical (unpaired) electrons. The maximum Gasteiger partial charge on any atom is 0.312 e. The van der Waals surface area contributed by atoms with Crippen molar-refractivity contribution in [2.75, 3.05) is 7.11 Å². The first kappa shape index (κ1) is 20.0. The number of fused-ring (bicyclic) bond motifs is 3. The molecular formula is C24H24O6. The van der Waals surface area contributed by atoms with Crippen LogP contribution in [0.3, 0.4) is 0 Å². The Bertz CT molecular complexity index is 1080. The predicted octanol–water partition coefficient (Wildman–Crippen LogP) is 4.79. The molecule has 0 spiro atoms. The predicted molar refractivity (Wildman–Crippen MR) is 111 cm³/mol. The second kappa shape index (κ2) is 7.52. The summed E-state index contributed by atoms with van der Waals surface area (Å²) in [5.41, 5.74) is 2.85. The summed E-state index contributed by atoms with van der Waals surface area (Å²) in [4.78, 5) is 25.1. The third kappa shape index (κ3) is 3.32. The van der Waals surface area contributed by atoms with Gasteiger partial charge in [-0.3, -0.25) is 9.59 Å². The molecule has 2 aliphatic heterocycles. The van der Waals surface area contributed by atoms with Gasteiger partial charge in [-0.25, -0.2) is 0 Å². The number of benzene rings is 2. The second-order valence-corrected chi connectivity index (χ2v) is 7.92. The van der Waals surface area contributed by atoms with Crippen molar-refractivity contribution in [2.45, 2.75) is 46.1 Å². The van der Waals surface area contributed by atoms with E-state index in [2.05, 4.69) is 0 Å². The van der Waals surface area contributed by atoms with Gasteiger partial charge in [0.2, 0.25) is 5.78 Å². The Morgan fingerprint density at radius 3 is 2.50 bits per heavy atom. The Labute approximate surface area is 175 Å². The molecule has 0 saturated heterocycles. The highest BCUT2D eigenvalue weighted by molar-refractivity contribution is 6.13. The molecule has 30 heavy (non-hydrogen) atoms. The summed E-state index contributed by atoms with van der Waals surface area (Å²) in [6.07, 6.45) is 0.138. The number of Topliss-reactive ketones (excluding diaryl/α,β-unsaturated/α-hetero) is 1. The van der Waals surface area contributed by atoms with Gasteiger partial charge in [0.25, 0.3) is 0 Å². The summed E-state index contributed by atoms with van der Waals surface area (Å²) in [5, 5.41) is 0. The average Bonchev–Trinajstić information content (AvgIpc) is 3.04. The van der Waals surface area contributed by atoms with Crippen molar-refractivity contribution in [3.05, 3.63) is 58.4 Å². The van der Waals surface area contributed by atoms with Gasteiger partial charge in [0.1, 0.15) is 11.5 Å². The van der Waals surface area contributed by atoms with Gasteiger partial charge < -0.3 is 18.9 Å². The number of methoxy groups -OCH3 is 1. The molecule has 4 rings (SSSR count). The topological polar surface area (TPSA) is 71.1 Å². The van der Waals surface area contributed by atoms with Crippen LogP contribution in [0, 0.1) is 0 Å². The third-order valence-electron chi connectivity index (χ3n) is 5.16. The fourth-order valence-electron chi connectivity index (χ4n) is 3.86. The minimum atomic E-state index is -0.333. The Hall–Kier alpha value is -3.28. The van der Waals surface area contributed by atoms with Gasteiger partial charge >= 0.3 is 5.97 Å². The van der Waals surface area contributed by atoms with Crippen LogP contribution in [0.4, 0.5) is 0 Å². The number of hydrogen-bond acceptors (Lipinski definition) is 6. The lowest BCUT2D eigenvalue weighted by molar-refractivity contribution is -0.135. The van der Waals surface area contributed by atoms with Crippen LogP contribution in [0.5, 0.6) is 23.0 Å². The zero-order chi connectivity index (χ0) is 21.6. The summed E-state index contributed by atoms with van der Waals surface area (Å²) >= 11 is 0. The Morgan fingerprint density at radius 2 is 1.83 bits per heavy atom. The fourth-order valence-corrected chi connectivity index (χ4v) is 3.86. The number of carbonyl (C=O) groups excluding carboxylic acids is 2. The van der Waals surface area contributed by atoms with Gasteiger partial charge in [0, 0.05) is 11.5 Å². The van der Waals surface area contributed by atoms with Crippen LogP contribution in [0.25, 0.3) is 0 Å².